The van der Waals surface area contributed by atoms with Crippen LogP contribution < -0.4 is 4.31 Å². The lowest BCUT2D eigenvalue weighted by Gasteiger charge is -2.47. The Labute approximate surface area is 218 Å². The molecule has 5 unspecified atom stereocenters. The zero-order chi connectivity index (χ0) is 26.4. The van der Waals surface area contributed by atoms with Crippen LogP contribution in [0.2, 0.25) is 0 Å². The summed E-state index contributed by atoms with van der Waals surface area (Å²) in [5.74, 6) is 0.884. The highest BCUT2D eigenvalue weighted by atomic mass is 32.2. The number of carbonyl (C=O) groups excluding carboxylic acids is 1. The first-order valence-corrected chi connectivity index (χ1v) is 13.9. The molecule has 1 saturated carbocycles. The molecule has 0 saturated heterocycles. The highest BCUT2D eigenvalue weighted by molar-refractivity contribution is 7.86. The van der Waals surface area contributed by atoms with Gasteiger partial charge in [0.25, 0.3) is 0 Å². The predicted molar refractivity (Wildman–Crippen MR) is 148 cm³/mol. The Kier molecular flexibility index (Phi) is 9.61. The molecule has 1 aliphatic rings. The van der Waals surface area contributed by atoms with Gasteiger partial charge in [0.2, 0.25) is 0 Å². The number of hydrogen-bond acceptors (Lipinski definition) is 2. The lowest BCUT2D eigenvalue weighted by Crippen LogP contribution is -2.51. The van der Waals surface area contributed by atoms with Crippen LogP contribution >= 0.6 is 0 Å². The molecule has 0 aliphatic heterocycles. The Morgan fingerprint density at radius 3 is 2.22 bits per heavy atom. The molecule has 0 amide bonds. The van der Waals surface area contributed by atoms with E-state index in [-0.39, 0.29) is 17.4 Å². The second kappa shape index (κ2) is 12.4. The molecule has 4 rings (SSSR count). The maximum atomic E-state index is 13.7. The van der Waals surface area contributed by atoms with Gasteiger partial charge in [-0.3, -0.25) is 9.10 Å². The van der Waals surface area contributed by atoms with E-state index in [1.54, 1.807) is 6.07 Å². The molecule has 3 aromatic rings. The van der Waals surface area contributed by atoms with E-state index < -0.39 is 16.8 Å². The van der Waals surface area contributed by atoms with Crippen LogP contribution in [0.5, 0.6) is 0 Å². The SMILES string of the molecule is CC(=O)c1cc(F)ccc1N(C1CC(C)C1C)S(=O)c1ccc(C)cc1.CCC(C)c1ccccc1. The molecule has 192 valence electrons. The number of Topliss-reactive ketones (excluding diaryl/α,β-unsaturated/α-hetero) is 1. The van der Waals surface area contributed by atoms with Gasteiger partial charge in [0.05, 0.1) is 10.6 Å². The van der Waals surface area contributed by atoms with Gasteiger partial charge in [-0.25, -0.2) is 8.60 Å². The van der Waals surface area contributed by atoms with Crippen LogP contribution in [-0.2, 0) is 11.0 Å². The van der Waals surface area contributed by atoms with Gasteiger partial charge in [-0.1, -0.05) is 75.7 Å². The normalized spacial score (nSPS) is 20.4. The van der Waals surface area contributed by atoms with Crippen molar-refractivity contribution in [2.45, 2.75) is 71.2 Å². The molecule has 0 bridgehead atoms. The van der Waals surface area contributed by atoms with Gasteiger partial charge in [-0.05, 0) is 80.3 Å². The van der Waals surface area contributed by atoms with Gasteiger partial charge in [-0.2, -0.15) is 0 Å². The first-order valence-electron chi connectivity index (χ1n) is 12.8. The number of anilines is 1. The number of benzene rings is 3. The highest BCUT2D eigenvalue weighted by Crippen LogP contribution is 2.42. The molecule has 0 N–H and O–H groups in total. The summed E-state index contributed by atoms with van der Waals surface area (Å²) >= 11 is 0. The quantitative estimate of drug-likeness (QED) is 0.303. The van der Waals surface area contributed by atoms with Gasteiger partial charge >= 0.3 is 0 Å². The molecule has 3 aromatic carbocycles. The van der Waals surface area contributed by atoms with Crippen LogP contribution in [0.25, 0.3) is 0 Å². The first-order chi connectivity index (χ1) is 17.1. The summed E-state index contributed by atoms with van der Waals surface area (Å²) in [6.07, 6.45) is 2.12. The molecule has 0 radical (unpaired) electrons. The molecule has 0 spiro atoms. The number of carbonyl (C=O) groups is 1. The standard InChI is InChI=1S/C21H24FNO2S.C10H14/c1-13-5-8-18(9-6-13)26(25)23(21-11-14(2)15(21)3)20-10-7-17(22)12-19(20)16(4)24;1-3-9(2)10-7-5-4-6-8-10/h5-10,12,14-15,21H,11H2,1-4H3;4-9H,3H2,1-2H3. The summed E-state index contributed by atoms with van der Waals surface area (Å²) in [7, 11) is -1.47. The topological polar surface area (TPSA) is 37.4 Å². The fourth-order valence-electron chi connectivity index (χ4n) is 4.46. The van der Waals surface area contributed by atoms with Crippen molar-refractivity contribution >= 4 is 22.5 Å². The fourth-order valence-corrected chi connectivity index (χ4v) is 5.92. The van der Waals surface area contributed by atoms with Crippen molar-refractivity contribution in [1.29, 1.82) is 0 Å². The molecule has 1 aliphatic carbocycles. The van der Waals surface area contributed by atoms with Crippen molar-refractivity contribution in [2.24, 2.45) is 11.8 Å². The Morgan fingerprint density at radius 2 is 1.69 bits per heavy atom. The van der Waals surface area contributed by atoms with E-state index in [2.05, 4.69) is 58.0 Å². The van der Waals surface area contributed by atoms with Crippen LogP contribution in [0, 0.1) is 24.6 Å². The summed E-state index contributed by atoms with van der Waals surface area (Å²) in [5, 5.41) is 0. The van der Waals surface area contributed by atoms with E-state index in [0.717, 1.165) is 12.0 Å². The monoisotopic (exact) mass is 507 g/mol. The number of hydrogen-bond donors (Lipinski definition) is 0. The van der Waals surface area contributed by atoms with Crippen LogP contribution in [0.3, 0.4) is 0 Å². The maximum absolute atomic E-state index is 13.7. The molecule has 0 aromatic heterocycles. The molecular formula is C31H38FNO2S. The molecule has 36 heavy (non-hydrogen) atoms. The number of rotatable bonds is 7. The summed E-state index contributed by atoms with van der Waals surface area (Å²) in [6, 6.07) is 22.4. The third-order valence-electron chi connectivity index (χ3n) is 7.38. The minimum absolute atomic E-state index is 0.0516. The number of nitrogens with zero attached hydrogens (tertiary/aromatic N) is 1. The van der Waals surface area contributed by atoms with Gasteiger partial charge < -0.3 is 0 Å². The van der Waals surface area contributed by atoms with E-state index in [1.807, 2.05) is 35.5 Å². The van der Waals surface area contributed by atoms with Crippen molar-refractivity contribution in [2.75, 3.05) is 4.31 Å². The molecular weight excluding hydrogens is 469 g/mol. The van der Waals surface area contributed by atoms with Crippen molar-refractivity contribution < 1.29 is 13.4 Å². The largest absolute Gasteiger partial charge is 0.294 e. The molecule has 5 heteroatoms. The van der Waals surface area contributed by atoms with E-state index >= 15 is 0 Å². The van der Waals surface area contributed by atoms with Crippen LogP contribution in [-0.4, -0.2) is 16.0 Å². The first kappa shape index (κ1) is 27.8. The number of ketones is 1. The van der Waals surface area contributed by atoms with Gasteiger partial charge in [0.15, 0.2) is 16.8 Å². The summed E-state index contributed by atoms with van der Waals surface area (Å²) in [4.78, 5) is 12.8. The average molecular weight is 508 g/mol. The zero-order valence-electron chi connectivity index (χ0n) is 22.2. The minimum atomic E-state index is -1.47. The number of halogens is 1. The Morgan fingerprint density at radius 1 is 1.06 bits per heavy atom. The molecule has 1 fully saturated rings. The highest BCUT2D eigenvalue weighted by Gasteiger charge is 2.42. The summed E-state index contributed by atoms with van der Waals surface area (Å²) in [6.45, 7) is 12.2. The maximum Gasteiger partial charge on any atom is 0.162 e. The third-order valence-corrected chi connectivity index (χ3v) is 8.88. The number of aryl methyl sites for hydroxylation is 1. The van der Waals surface area contributed by atoms with Crippen molar-refractivity contribution in [3.05, 3.63) is 95.3 Å². The predicted octanol–water partition coefficient (Wildman–Crippen LogP) is 8.11. The van der Waals surface area contributed by atoms with Gasteiger partial charge in [0, 0.05) is 11.6 Å². The Balaban J connectivity index is 0.000000303. The second-order valence-electron chi connectivity index (χ2n) is 9.97. The summed E-state index contributed by atoms with van der Waals surface area (Å²) in [5.41, 5.74) is 3.36. The van der Waals surface area contributed by atoms with Crippen LogP contribution in [0.4, 0.5) is 10.1 Å². The fraction of sp³-hybridized carbons (Fsp3) is 0.387. The van der Waals surface area contributed by atoms with Crippen LogP contribution in [0.1, 0.15) is 74.9 Å². The second-order valence-corrected chi connectivity index (χ2v) is 11.3. The third kappa shape index (κ3) is 6.50. The zero-order valence-corrected chi connectivity index (χ0v) is 23.0. The molecule has 5 atom stereocenters. The van der Waals surface area contributed by atoms with E-state index in [4.69, 9.17) is 0 Å². The Hall–Kier alpha value is -2.79. The summed E-state index contributed by atoms with van der Waals surface area (Å²) < 4.78 is 29.0. The van der Waals surface area contributed by atoms with E-state index in [9.17, 15) is 13.4 Å². The van der Waals surface area contributed by atoms with Crippen molar-refractivity contribution in [1.82, 2.24) is 0 Å². The van der Waals surface area contributed by atoms with Gasteiger partial charge in [0.1, 0.15) is 5.82 Å². The van der Waals surface area contributed by atoms with E-state index in [0.29, 0.717) is 28.3 Å². The van der Waals surface area contributed by atoms with E-state index in [1.165, 1.54) is 31.0 Å². The smallest absolute Gasteiger partial charge is 0.162 e. The van der Waals surface area contributed by atoms with Gasteiger partial charge in [-0.15, -0.1) is 0 Å². The molecule has 3 nitrogen and oxygen atoms in total. The van der Waals surface area contributed by atoms with Crippen molar-refractivity contribution in [3.8, 4) is 0 Å². The molecule has 0 heterocycles. The lowest BCUT2D eigenvalue weighted by molar-refractivity contribution is 0.101. The lowest BCUT2D eigenvalue weighted by atomic mass is 9.71. The average Bonchev–Trinajstić information content (AvgIpc) is 2.89. The van der Waals surface area contributed by atoms with Crippen LogP contribution in [0.15, 0.2) is 77.7 Å². The van der Waals surface area contributed by atoms with Crippen molar-refractivity contribution in [3.63, 3.8) is 0 Å². The minimum Gasteiger partial charge on any atom is -0.294 e. The Bertz CT molecular complexity index is 1180.